The average molecular weight is 686 g/mol. The number of rotatable bonds is 15. The number of anilines is 2. The van der Waals surface area contributed by atoms with Crippen LogP contribution in [-0.2, 0) is 16.0 Å². The van der Waals surface area contributed by atoms with Crippen molar-refractivity contribution >= 4 is 11.6 Å². The fourth-order valence-corrected chi connectivity index (χ4v) is 6.77. The smallest absolute Gasteiger partial charge is 0.256 e. The van der Waals surface area contributed by atoms with Crippen molar-refractivity contribution in [2.45, 2.75) is 96.7 Å². The predicted molar refractivity (Wildman–Crippen MR) is 185 cm³/mol. The van der Waals surface area contributed by atoms with Crippen LogP contribution >= 0.6 is 0 Å². The van der Waals surface area contributed by atoms with E-state index in [0.717, 1.165) is 62.0 Å². The van der Waals surface area contributed by atoms with Crippen molar-refractivity contribution in [1.82, 2.24) is 44.9 Å². The maximum absolute atomic E-state index is 9.68. The molecule has 4 heterocycles. The van der Waals surface area contributed by atoms with Crippen LogP contribution in [0, 0.1) is 11.3 Å². The lowest BCUT2D eigenvalue weighted by atomic mass is 9.89. The number of benzene rings is 1. The zero-order valence-electron chi connectivity index (χ0n) is 29.3. The predicted octanol–water partition coefficient (Wildman–Crippen LogP) is 4.81. The van der Waals surface area contributed by atoms with Gasteiger partial charge >= 0.3 is 0 Å². The van der Waals surface area contributed by atoms with E-state index in [1.165, 1.54) is 6.33 Å². The Labute approximate surface area is 292 Å². The number of hydrogen-bond acceptors (Lipinski definition) is 13. The molecule has 1 saturated carbocycles. The number of aromatic nitrogens is 8. The summed E-state index contributed by atoms with van der Waals surface area (Å²) in [4.78, 5) is 11.8. The van der Waals surface area contributed by atoms with Gasteiger partial charge in [0, 0.05) is 56.7 Å². The van der Waals surface area contributed by atoms with Crippen LogP contribution in [0.25, 0.3) is 11.1 Å². The van der Waals surface area contributed by atoms with E-state index in [1.807, 2.05) is 36.9 Å². The molecule has 15 nitrogen and oxygen atoms in total. The quantitative estimate of drug-likeness (QED) is 0.170. The van der Waals surface area contributed by atoms with E-state index in [0.29, 0.717) is 55.5 Å². The Hall–Kier alpha value is -4.65. The number of nitrogens with zero attached hydrogens (tertiary/aromatic N) is 10. The van der Waals surface area contributed by atoms with Crippen LogP contribution in [-0.4, -0.2) is 102 Å². The molecule has 15 heteroatoms. The summed E-state index contributed by atoms with van der Waals surface area (Å²) in [6.45, 7) is 12.5. The molecule has 2 fully saturated rings. The van der Waals surface area contributed by atoms with E-state index in [4.69, 9.17) is 24.0 Å². The molecular formula is C35H47N11O4. The normalized spacial score (nSPS) is 21.7. The molecule has 0 spiro atoms. The Morgan fingerprint density at radius 1 is 1.04 bits per heavy atom. The van der Waals surface area contributed by atoms with Gasteiger partial charge in [0.1, 0.15) is 29.9 Å². The van der Waals surface area contributed by atoms with Crippen molar-refractivity contribution in [3.8, 4) is 28.8 Å². The Balaban J connectivity index is 1.13. The molecule has 3 atom stereocenters. The number of ether oxygens (including phenoxy) is 4. The van der Waals surface area contributed by atoms with E-state index in [-0.39, 0.29) is 24.4 Å². The lowest BCUT2D eigenvalue weighted by Gasteiger charge is -2.42. The first-order valence-electron chi connectivity index (χ1n) is 17.6. The lowest BCUT2D eigenvalue weighted by Crippen LogP contribution is -2.51. The maximum atomic E-state index is 9.68. The highest BCUT2D eigenvalue weighted by atomic mass is 16.5. The van der Waals surface area contributed by atoms with Gasteiger partial charge in [-0.25, -0.2) is 14.6 Å². The third-order valence-corrected chi connectivity index (χ3v) is 9.08. The second-order valence-electron chi connectivity index (χ2n) is 13.1. The molecule has 1 aliphatic carbocycles. The van der Waals surface area contributed by atoms with Crippen LogP contribution in [0.2, 0.25) is 0 Å². The standard InChI is InChI=1S/C35H47N11O4/c1-5-47-13-6-14-48-34-32(22-46(41-34)31-11-9-30(10-12-31)44-19-24(2)49-25(3)20-44)40-35-37-17-29(18-38-35)27-7-8-28(16-36)33(15-27)50-26(4)21-45-23-39-42-43-45/h7-8,15,17-18,22-26,30-31H,5-6,9-14,19-21H2,1-4H3,(H,37,38,40)/t24-,25+,26-,30?,31?/m0/s1. The second-order valence-corrected chi connectivity index (χ2v) is 13.1. The van der Waals surface area contributed by atoms with Crippen molar-refractivity contribution in [2.75, 3.05) is 38.2 Å². The van der Waals surface area contributed by atoms with Crippen molar-refractivity contribution in [3.63, 3.8) is 0 Å². The van der Waals surface area contributed by atoms with Gasteiger partial charge in [0.2, 0.25) is 5.95 Å². The Morgan fingerprint density at radius 3 is 2.50 bits per heavy atom. The number of hydrogen-bond donors (Lipinski definition) is 1. The van der Waals surface area contributed by atoms with E-state index in [1.54, 1.807) is 23.1 Å². The van der Waals surface area contributed by atoms with E-state index in [9.17, 15) is 5.26 Å². The van der Waals surface area contributed by atoms with Gasteiger partial charge in [0.05, 0.1) is 43.2 Å². The van der Waals surface area contributed by atoms with Crippen molar-refractivity contribution in [1.29, 1.82) is 5.26 Å². The van der Waals surface area contributed by atoms with Crippen molar-refractivity contribution in [2.24, 2.45) is 0 Å². The zero-order valence-corrected chi connectivity index (χ0v) is 29.3. The monoisotopic (exact) mass is 685 g/mol. The second kappa shape index (κ2) is 16.8. The van der Waals surface area contributed by atoms with Crippen LogP contribution in [0.1, 0.15) is 71.4 Å². The fourth-order valence-electron chi connectivity index (χ4n) is 6.77. The molecule has 4 aromatic rings. The summed E-state index contributed by atoms with van der Waals surface area (Å²) in [6, 6.07) is 8.49. The number of morpholine rings is 1. The van der Waals surface area contributed by atoms with Crippen molar-refractivity contribution < 1.29 is 18.9 Å². The minimum Gasteiger partial charge on any atom is -0.487 e. The van der Waals surface area contributed by atoms with Gasteiger partial charge in [0.15, 0.2) is 0 Å². The van der Waals surface area contributed by atoms with Gasteiger partial charge in [-0.2, -0.15) is 5.26 Å². The van der Waals surface area contributed by atoms with Gasteiger partial charge in [-0.1, -0.05) is 6.07 Å². The van der Waals surface area contributed by atoms with Gasteiger partial charge < -0.3 is 24.3 Å². The largest absolute Gasteiger partial charge is 0.487 e. The summed E-state index contributed by atoms with van der Waals surface area (Å²) in [7, 11) is 0. The minimum absolute atomic E-state index is 0.271. The molecule has 1 aliphatic heterocycles. The molecule has 3 aromatic heterocycles. The maximum Gasteiger partial charge on any atom is 0.256 e. The van der Waals surface area contributed by atoms with Gasteiger partial charge in [-0.05, 0) is 81.5 Å². The topological polar surface area (TPSA) is 163 Å². The molecule has 1 aromatic carbocycles. The lowest BCUT2D eigenvalue weighted by molar-refractivity contribution is -0.0852. The first kappa shape index (κ1) is 35.2. The summed E-state index contributed by atoms with van der Waals surface area (Å²) in [5.41, 5.74) is 2.75. The molecule has 1 saturated heterocycles. The summed E-state index contributed by atoms with van der Waals surface area (Å²) in [6.07, 6.45) is 12.4. The summed E-state index contributed by atoms with van der Waals surface area (Å²) >= 11 is 0. The molecule has 2 aliphatic rings. The van der Waals surface area contributed by atoms with Crippen molar-refractivity contribution in [3.05, 3.63) is 48.7 Å². The number of nitriles is 1. The van der Waals surface area contributed by atoms with Gasteiger partial charge in [0.25, 0.3) is 5.88 Å². The van der Waals surface area contributed by atoms with E-state index < -0.39 is 0 Å². The summed E-state index contributed by atoms with van der Waals surface area (Å²) in [5, 5.41) is 29.1. The minimum atomic E-state index is -0.271. The molecule has 1 N–H and O–H groups in total. The molecule has 0 amide bonds. The first-order valence-corrected chi connectivity index (χ1v) is 17.6. The highest BCUT2D eigenvalue weighted by Gasteiger charge is 2.32. The summed E-state index contributed by atoms with van der Waals surface area (Å²) in [5.74, 6) is 1.41. The average Bonchev–Trinajstić information content (AvgIpc) is 3.78. The molecule has 266 valence electrons. The highest BCUT2D eigenvalue weighted by molar-refractivity contribution is 5.67. The Bertz CT molecular complexity index is 1670. The third-order valence-electron chi connectivity index (χ3n) is 9.08. The number of nitrogens with one attached hydrogen (secondary N) is 1. The van der Waals surface area contributed by atoms with Crippen LogP contribution in [0.4, 0.5) is 11.6 Å². The molecular weight excluding hydrogens is 638 g/mol. The van der Waals surface area contributed by atoms with E-state index in [2.05, 4.69) is 55.6 Å². The van der Waals surface area contributed by atoms with Crippen LogP contribution in [0.3, 0.4) is 0 Å². The molecule has 50 heavy (non-hydrogen) atoms. The molecule has 0 radical (unpaired) electrons. The van der Waals surface area contributed by atoms with Crippen LogP contribution < -0.4 is 14.8 Å². The zero-order chi connectivity index (χ0) is 34.9. The fraction of sp³-hybridized carbons (Fsp3) is 0.571. The SMILES string of the molecule is CCOCCCOc1nn(C2CCC(N3C[C@@H](C)O[C@@H](C)C3)CC2)cc1Nc1ncc(-c2ccc(C#N)c(O[C@@H](C)Cn3cnnn3)c2)cn1. The first-order chi connectivity index (χ1) is 24.4. The highest BCUT2D eigenvalue weighted by Crippen LogP contribution is 2.35. The summed E-state index contributed by atoms with van der Waals surface area (Å²) < 4.78 is 27.4. The number of tetrazole rings is 1. The Morgan fingerprint density at radius 2 is 1.80 bits per heavy atom. The van der Waals surface area contributed by atoms with Gasteiger partial charge in [-0.3, -0.25) is 9.58 Å². The van der Waals surface area contributed by atoms with Crippen LogP contribution in [0.15, 0.2) is 43.1 Å². The third kappa shape index (κ3) is 9.12. The molecule has 6 rings (SSSR count). The molecule has 0 bridgehead atoms. The Kier molecular flexibility index (Phi) is 11.9. The van der Waals surface area contributed by atoms with Crippen LogP contribution in [0.5, 0.6) is 11.6 Å². The van der Waals surface area contributed by atoms with Gasteiger partial charge in [-0.15, -0.1) is 10.2 Å². The van der Waals surface area contributed by atoms with E-state index >= 15 is 0 Å². The molecule has 0 unspecified atom stereocenters.